The first kappa shape index (κ1) is 14.7. The molecular weight excluding hydrogens is 254 g/mol. The largest absolute Gasteiger partial charge is 0.497 e. The number of nitrogens with zero attached hydrogens (tertiary/aromatic N) is 1. The Hall–Kier alpha value is -1.71. The van der Waals surface area contributed by atoms with E-state index in [1.165, 1.54) is 12.8 Å². The number of benzene rings is 1. The molecule has 0 spiro atoms. The fraction of sp³-hybridized carbons (Fsp3) is 0.562. The van der Waals surface area contributed by atoms with E-state index in [0.717, 1.165) is 18.6 Å². The summed E-state index contributed by atoms with van der Waals surface area (Å²) in [5, 5.41) is 0. The second kappa shape index (κ2) is 6.64. The summed E-state index contributed by atoms with van der Waals surface area (Å²) in [6.07, 6.45) is 4.16. The van der Waals surface area contributed by atoms with Gasteiger partial charge in [0.1, 0.15) is 11.5 Å². The third kappa shape index (κ3) is 3.44. The molecule has 110 valence electrons. The minimum Gasteiger partial charge on any atom is -0.497 e. The molecule has 1 aromatic carbocycles. The number of rotatable bonds is 5. The molecule has 1 fully saturated rings. The molecule has 0 heterocycles. The lowest BCUT2D eigenvalue weighted by Crippen LogP contribution is -2.42. The van der Waals surface area contributed by atoms with E-state index in [1.807, 2.05) is 30.1 Å². The van der Waals surface area contributed by atoms with Crippen molar-refractivity contribution in [1.82, 2.24) is 4.90 Å². The maximum Gasteiger partial charge on any atom is 0.263 e. The van der Waals surface area contributed by atoms with Gasteiger partial charge in [-0.15, -0.1) is 0 Å². The molecule has 1 saturated carbocycles. The van der Waals surface area contributed by atoms with E-state index >= 15 is 0 Å². The standard InChI is InChI=1S/C16H23NO3/c1-12(16(18)17(2)13-7-4-5-8-13)20-15-10-6-9-14(11-15)19-3/h6,9-13H,4-5,7-8H2,1-3H3/t12-/m1/s1. The minimum atomic E-state index is -0.479. The lowest BCUT2D eigenvalue weighted by atomic mass is 10.2. The van der Waals surface area contributed by atoms with Crippen LogP contribution in [0.15, 0.2) is 24.3 Å². The van der Waals surface area contributed by atoms with Crippen molar-refractivity contribution in [3.8, 4) is 11.5 Å². The number of hydrogen-bond donors (Lipinski definition) is 0. The first-order valence-electron chi connectivity index (χ1n) is 7.19. The van der Waals surface area contributed by atoms with Crippen LogP contribution in [0.2, 0.25) is 0 Å². The maximum atomic E-state index is 12.4. The fourth-order valence-corrected chi connectivity index (χ4v) is 2.69. The molecule has 1 atom stereocenters. The van der Waals surface area contributed by atoms with Gasteiger partial charge < -0.3 is 14.4 Å². The van der Waals surface area contributed by atoms with Crippen LogP contribution in [-0.2, 0) is 4.79 Å². The van der Waals surface area contributed by atoms with Crippen molar-refractivity contribution in [2.24, 2.45) is 0 Å². The Balaban J connectivity index is 1.95. The van der Waals surface area contributed by atoms with Crippen molar-refractivity contribution in [1.29, 1.82) is 0 Å². The molecule has 1 amide bonds. The van der Waals surface area contributed by atoms with Gasteiger partial charge in [0, 0.05) is 19.2 Å². The van der Waals surface area contributed by atoms with Crippen molar-refractivity contribution in [3.63, 3.8) is 0 Å². The molecule has 2 rings (SSSR count). The van der Waals surface area contributed by atoms with Gasteiger partial charge in [0.25, 0.3) is 5.91 Å². The number of carbonyl (C=O) groups excluding carboxylic acids is 1. The second-order valence-corrected chi connectivity index (χ2v) is 5.33. The van der Waals surface area contributed by atoms with Crippen molar-refractivity contribution in [2.75, 3.05) is 14.2 Å². The van der Waals surface area contributed by atoms with Crippen LogP contribution in [-0.4, -0.2) is 37.1 Å². The average molecular weight is 277 g/mol. The number of methoxy groups -OCH3 is 1. The van der Waals surface area contributed by atoms with Crippen LogP contribution in [0.1, 0.15) is 32.6 Å². The van der Waals surface area contributed by atoms with E-state index in [1.54, 1.807) is 20.1 Å². The van der Waals surface area contributed by atoms with Gasteiger partial charge >= 0.3 is 0 Å². The summed E-state index contributed by atoms with van der Waals surface area (Å²) in [6.45, 7) is 1.80. The highest BCUT2D eigenvalue weighted by atomic mass is 16.5. The Morgan fingerprint density at radius 2 is 1.95 bits per heavy atom. The summed E-state index contributed by atoms with van der Waals surface area (Å²) in [5.41, 5.74) is 0. The molecule has 0 saturated heterocycles. The number of carbonyl (C=O) groups is 1. The molecule has 1 aliphatic carbocycles. The number of amides is 1. The molecule has 0 unspecified atom stereocenters. The maximum absolute atomic E-state index is 12.4. The first-order chi connectivity index (χ1) is 9.61. The summed E-state index contributed by atoms with van der Waals surface area (Å²) in [4.78, 5) is 14.2. The summed E-state index contributed by atoms with van der Waals surface area (Å²) in [5.74, 6) is 1.43. The fourth-order valence-electron chi connectivity index (χ4n) is 2.69. The molecule has 4 nitrogen and oxygen atoms in total. The zero-order chi connectivity index (χ0) is 14.5. The van der Waals surface area contributed by atoms with Gasteiger partial charge in [0.15, 0.2) is 6.10 Å². The van der Waals surface area contributed by atoms with E-state index in [-0.39, 0.29) is 5.91 Å². The van der Waals surface area contributed by atoms with Gasteiger partial charge in [-0.2, -0.15) is 0 Å². The van der Waals surface area contributed by atoms with Crippen molar-refractivity contribution >= 4 is 5.91 Å². The monoisotopic (exact) mass is 277 g/mol. The third-order valence-corrected chi connectivity index (χ3v) is 3.92. The third-order valence-electron chi connectivity index (χ3n) is 3.92. The molecule has 0 radical (unpaired) electrons. The second-order valence-electron chi connectivity index (χ2n) is 5.33. The van der Waals surface area contributed by atoms with E-state index in [2.05, 4.69) is 0 Å². The molecule has 0 bridgehead atoms. The van der Waals surface area contributed by atoms with Crippen LogP contribution in [0, 0.1) is 0 Å². The Morgan fingerprint density at radius 1 is 1.30 bits per heavy atom. The highest BCUT2D eigenvalue weighted by Gasteiger charge is 2.27. The molecule has 0 aliphatic heterocycles. The number of ether oxygens (including phenoxy) is 2. The Labute approximate surface area is 120 Å². The Morgan fingerprint density at radius 3 is 2.60 bits per heavy atom. The molecule has 20 heavy (non-hydrogen) atoms. The van der Waals surface area contributed by atoms with Crippen LogP contribution >= 0.6 is 0 Å². The molecule has 0 aromatic heterocycles. The first-order valence-corrected chi connectivity index (χ1v) is 7.19. The lowest BCUT2D eigenvalue weighted by molar-refractivity contribution is -0.138. The van der Waals surface area contributed by atoms with E-state index in [9.17, 15) is 4.79 Å². The predicted molar refractivity (Wildman–Crippen MR) is 78.1 cm³/mol. The predicted octanol–water partition coefficient (Wildman–Crippen LogP) is 2.86. The summed E-state index contributed by atoms with van der Waals surface area (Å²) in [7, 11) is 3.49. The highest BCUT2D eigenvalue weighted by molar-refractivity contribution is 5.81. The summed E-state index contributed by atoms with van der Waals surface area (Å²) >= 11 is 0. The van der Waals surface area contributed by atoms with Crippen molar-refractivity contribution in [3.05, 3.63) is 24.3 Å². The lowest BCUT2D eigenvalue weighted by Gasteiger charge is -2.27. The van der Waals surface area contributed by atoms with Crippen molar-refractivity contribution in [2.45, 2.75) is 44.8 Å². The van der Waals surface area contributed by atoms with E-state index in [4.69, 9.17) is 9.47 Å². The molecule has 1 aromatic rings. The molecule has 0 N–H and O–H groups in total. The van der Waals surface area contributed by atoms with Crippen LogP contribution in [0.5, 0.6) is 11.5 Å². The summed E-state index contributed by atoms with van der Waals surface area (Å²) < 4.78 is 10.9. The highest BCUT2D eigenvalue weighted by Crippen LogP contribution is 2.24. The minimum absolute atomic E-state index is 0.0414. The van der Waals surface area contributed by atoms with Gasteiger partial charge in [-0.25, -0.2) is 0 Å². The zero-order valence-corrected chi connectivity index (χ0v) is 12.5. The molecular formula is C16H23NO3. The number of hydrogen-bond acceptors (Lipinski definition) is 3. The molecule has 1 aliphatic rings. The SMILES string of the molecule is COc1cccc(O[C@H](C)C(=O)N(C)C2CCCC2)c1. The van der Waals surface area contributed by atoms with Crippen molar-refractivity contribution < 1.29 is 14.3 Å². The van der Waals surface area contributed by atoms with Gasteiger partial charge in [-0.1, -0.05) is 18.9 Å². The van der Waals surface area contributed by atoms with Crippen LogP contribution < -0.4 is 9.47 Å². The van der Waals surface area contributed by atoms with Gasteiger partial charge in [-0.05, 0) is 31.9 Å². The van der Waals surface area contributed by atoms with Gasteiger partial charge in [0.2, 0.25) is 0 Å². The zero-order valence-electron chi connectivity index (χ0n) is 12.5. The number of likely N-dealkylation sites (N-methyl/N-ethyl adjacent to an activating group) is 1. The normalized spacial score (nSPS) is 16.8. The quantitative estimate of drug-likeness (QED) is 0.830. The average Bonchev–Trinajstić information content (AvgIpc) is 3.00. The van der Waals surface area contributed by atoms with E-state index < -0.39 is 6.10 Å². The van der Waals surface area contributed by atoms with Crippen LogP contribution in [0.4, 0.5) is 0 Å². The summed E-state index contributed by atoms with van der Waals surface area (Å²) in [6, 6.07) is 7.70. The smallest absolute Gasteiger partial charge is 0.263 e. The van der Waals surface area contributed by atoms with Gasteiger partial charge in [-0.3, -0.25) is 4.79 Å². The van der Waals surface area contributed by atoms with Crippen LogP contribution in [0.3, 0.4) is 0 Å². The van der Waals surface area contributed by atoms with Gasteiger partial charge in [0.05, 0.1) is 7.11 Å². The van der Waals surface area contributed by atoms with E-state index in [0.29, 0.717) is 11.8 Å². The van der Waals surface area contributed by atoms with Crippen LogP contribution in [0.25, 0.3) is 0 Å². The molecule has 4 heteroatoms. The Kier molecular flexibility index (Phi) is 4.88. The topological polar surface area (TPSA) is 38.8 Å². The Bertz CT molecular complexity index is 455.